The van der Waals surface area contributed by atoms with Gasteiger partial charge in [-0.2, -0.15) is 0 Å². The van der Waals surface area contributed by atoms with Gasteiger partial charge in [0.05, 0.1) is 9.49 Å². The quantitative estimate of drug-likeness (QED) is 0.597. The van der Waals surface area contributed by atoms with Gasteiger partial charge in [0.2, 0.25) is 0 Å². The number of hydrogen-bond donors (Lipinski definition) is 0. The van der Waals surface area contributed by atoms with Gasteiger partial charge in [0.1, 0.15) is 24.7 Å². The van der Waals surface area contributed by atoms with Gasteiger partial charge in [-0.15, -0.1) is 0 Å². The molecule has 1 atom stereocenters. The smallest absolute Gasteiger partial charge is 0.141 e. The Hall–Kier alpha value is -0.0500. The van der Waals surface area contributed by atoms with E-state index in [1.165, 1.54) is 3.57 Å². The average molecular weight is 427 g/mol. The minimum atomic E-state index is 0.312. The Morgan fingerprint density at radius 3 is 3.00 bits per heavy atom. The summed E-state index contributed by atoms with van der Waals surface area (Å²) in [7, 11) is 0. The van der Waals surface area contributed by atoms with E-state index in [4.69, 9.17) is 9.57 Å². The molecule has 3 rings (SSSR count). The monoisotopic (exact) mass is 427 g/mol. The number of hydrogen-bond acceptors (Lipinski definition) is 3. The number of nitrogens with zero attached hydrogens (tertiary/aromatic N) is 1. The van der Waals surface area contributed by atoms with Crippen LogP contribution in [0.4, 0.5) is 0 Å². The van der Waals surface area contributed by atoms with Gasteiger partial charge in [-0.1, -0.05) is 5.16 Å². The van der Waals surface area contributed by atoms with Crippen molar-refractivity contribution in [3.63, 3.8) is 0 Å². The molecule has 0 saturated heterocycles. The van der Waals surface area contributed by atoms with E-state index in [1.807, 2.05) is 0 Å². The summed E-state index contributed by atoms with van der Waals surface area (Å²) in [5.74, 6) is 1.27. The summed E-state index contributed by atoms with van der Waals surface area (Å²) in [6.07, 6.45) is 0. The van der Waals surface area contributed by atoms with Crippen molar-refractivity contribution < 1.29 is 9.57 Å². The maximum atomic E-state index is 5.75. The van der Waals surface area contributed by atoms with Gasteiger partial charge in [-0.05, 0) is 57.3 Å². The van der Waals surface area contributed by atoms with Gasteiger partial charge in [0.15, 0.2) is 0 Å². The normalized spacial score (nSPS) is 22.3. The molecule has 0 spiro atoms. The topological polar surface area (TPSA) is 30.8 Å². The molecule has 1 aromatic rings. The van der Waals surface area contributed by atoms with Crippen molar-refractivity contribution in [3.05, 3.63) is 24.8 Å². The van der Waals surface area contributed by atoms with Crippen molar-refractivity contribution in [2.24, 2.45) is 11.1 Å². The highest BCUT2D eigenvalue weighted by molar-refractivity contribution is 14.1. The van der Waals surface area contributed by atoms with E-state index >= 15 is 0 Å². The van der Waals surface area contributed by atoms with Crippen LogP contribution in [0.15, 0.2) is 17.3 Å². The third-order valence-electron chi connectivity index (χ3n) is 2.54. The highest BCUT2D eigenvalue weighted by Gasteiger charge is 2.33. The minimum Gasteiger partial charge on any atom is -0.491 e. The van der Waals surface area contributed by atoms with Crippen LogP contribution in [0.3, 0.4) is 0 Å². The van der Waals surface area contributed by atoms with Crippen LogP contribution >= 0.6 is 45.2 Å². The van der Waals surface area contributed by atoms with Crippen molar-refractivity contribution in [2.45, 2.75) is 0 Å². The maximum absolute atomic E-state index is 5.75. The summed E-state index contributed by atoms with van der Waals surface area (Å²) in [6, 6.07) is 4.22. The van der Waals surface area contributed by atoms with Crippen molar-refractivity contribution in [3.8, 4) is 5.75 Å². The Balaban J connectivity index is 2.20. The molecule has 1 aromatic carbocycles. The number of halogens is 2. The molecule has 0 amide bonds. The summed E-state index contributed by atoms with van der Waals surface area (Å²) < 4.78 is 8.10. The minimum absolute atomic E-state index is 0.312. The van der Waals surface area contributed by atoms with Gasteiger partial charge in [0, 0.05) is 9.13 Å². The van der Waals surface area contributed by atoms with Crippen LogP contribution in [0.1, 0.15) is 5.56 Å². The molecule has 2 aliphatic rings. The first-order chi connectivity index (χ1) is 7.25. The van der Waals surface area contributed by atoms with E-state index in [-0.39, 0.29) is 0 Å². The first-order valence-corrected chi connectivity index (χ1v) is 6.73. The molecule has 0 saturated carbocycles. The molecule has 0 aromatic heterocycles. The fourth-order valence-electron chi connectivity index (χ4n) is 1.83. The average Bonchev–Trinajstić information content (AvgIpc) is 2.65. The molecule has 0 bridgehead atoms. The van der Waals surface area contributed by atoms with Crippen LogP contribution in [0.25, 0.3) is 0 Å². The van der Waals surface area contributed by atoms with Gasteiger partial charge in [0.25, 0.3) is 0 Å². The summed E-state index contributed by atoms with van der Waals surface area (Å²) in [5, 5.41) is 4.11. The molecule has 0 aliphatic carbocycles. The molecule has 5 heteroatoms. The number of fused-ring (bicyclic) bond motifs is 3. The van der Waals surface area contributed by atoms with Crippen LogP contribution in [-0.2, 0) is 4.84 Å². The predicted molar refractivity (Wildman–Crippen MR) is 73.4 cm³/mol. The van der Waals surface area contributed by atoms with E-state index in [0.29, 0.717) is 19.1 Å². The molecule has 2 heterocycles. The van der Waals surface area contributed by atoms with Crippen molar-refractivity contribution in [1.29, 1.82) is 0 Å². The second-order valence-corrected chi connectivity index (χ2v) is 5.95. The van der Waals surface area contributed by atoms with E-state index < -0.39 is 0 Å². The second kappa shape index (κ2) is 3.76. The Labute approximate surface area is 114 Å². The van der Waals surface area contributed by atoms with Crippen molar-refractivity contribution in [1.82, 2.24) is 0 Å². The summed E-state index contributed by atoms with van der Waals surface area (Å²) in [5.41, 5.74) is 2.15. The molecule has 15 heavy (non-hydrogen) atoms. The molecule has 2 aliphatic heterocycles. The fraction of sp³-hybridized carbons (Fsp3) is 0.300. The van der Waals surface area contributed by atoms with Crippen LogP contribution < -0.4 is 4.74 Å². The molecule has 0 N–H and O–H groups in total. The number of benzene rings is 1. The number of oxime groups is 1. The van der Waals surface area contributed by atoms with Gasteiger partial charge in [-0.3, -0.25) is 0 Å². The molecular weight excluding hydrogens is 420 g/mol. The van der Waals surface area contributed by atoms with Crippen molar-refractivity contribution in [2.75, 3.05) is 13.2 Å². The lowest BCUT2D eigenvalue weighted by atomic mass is 9.96. The Morgan fingerprint density at radius 1 is 1.27 bits per heavy atom. The summed E-state index contributed by atoms with van der Waals surface area (Å²) in [6.45, 7) is 1.33. The number of rotatable bonds is 0. The highest BCUT2D eigenvalue weighted by atomic mass is 127. The third-order valence-corrected chi connectivity index (χ3v) is 3.96. The van der Waals surface area contributed by atoms with Crippen LogP contribution in [-0.4, -0.2) is 18.9 Å². The van der Waals surface area contributed by atoms with Crippen molar-refractivity contribution >= 4 is 50.9 Å². The van der Waals surface area contributed by atoms with E-state index in [1.54, 1.807) is 0 Å². The zero-order valence-corrected chi connectivity index (χ0v) is 12.0. The van der Waals surface area contributed by atoms with Gasteiger partial charge >= 0.3 is 0 Å². The molecule has 1 unspecified atom stereocenters. The summed E-state index contributed by atoms with van der Waals surface area (Å²) in [4.78, 5) is 5.13. The Bertz CT molecular complexity index is 459. The first kappa shape index (κ1) is 10.1. The van der Waals surface area contributed by atoms with Gasteiger partial charge in [-0.25, -0.2) is 0 Å². The van der Waals surface area contributed by atoms with Crippen LogP contribution in [0.5, 0.6) is 5.75 Å². The maximum Gasteiger partial charge on any atom is 0.141 e. The Morgan fingerprint density at radius 2 is 2.13 bits per heavy atom. The van der Waals surface area contributed by atoms with Gasteiger partial charge < -0.3 is 9.57 Å². The van der Waals surface area contributed by atoms with Crippen LogP contribution in [0.2, 0.25) is 0 Å². The van der Waals surface area contributed by atoms with E-state index in [9.17, 15) is 0 Å². The summed E-state index contributed by atoms with van der Waals surface area (Å²) >= 11 is 4.61. The standard InChI is InChI=1S/C10H7I2NO2/c11-6-1-7-9-5(4-15-13-9)3-14-10(7)8(12)2-6/h1-2,5H,3-4H2. The SMILES string of the molecule is Ic1cc(I)c2c(c1)C1=NOCC1CO2. The fourth-order valence-corrected chi connectivity index (χ4v) is 3.83. The largest absolute Gasteiger partial charge is 0.491 e. The zero-order valence-electron chi connectivity index (χ0n) is 7.67. The lowest BCUT2D eigenvalue weighted by Gasteiger charge is -2.22. The third kappa shape index (κ3) is 1.63. The molecule has 0 fully saturated rings. The molecular formula is C10H7I2NO2. The second-order valence-electron chi connectivity index (χ2n) is 3.54. The lowest BCUT2D eigenvalue weighted by molar-refractivity contribution is 0.136. The van der Waals surface area contributed by atoms with Crippen LogP contribution in [0, 0.1) is 13.1 Å². The number of ether oxygens (including phenoxy) is 1. The van der Waals surface area contributed by atoms with E-state index in [2.05, 4.69) is 62.5 Å². The predicted octanol–water partition coefficient (Wildman–Crippen LogP) is 2.64. The Kier molecular flexibility index (Phi) is 2.54. The zero-order chi connectivity index (χ0) is 10.4. The highest BCUT2D eigenvalue weighted by Crippen LogP contribution is 2.35. The molecule has 3 nitrogen and oxygen atoms in total. The lowest BCUT2D eigenvalue weighted by Crippen LogP contribution is -2.28. The molecule has 78 valence electrons. The molecule has 0 radical (unpaired) electrons. The van der Waals surface area contributed by atoms with E-state index in [0.717, 1.165) is 20.6 Å². The first-order valence-electron chi connectivity index (χ1n) is 4.58.